The molecule has 2 heterocycles. The van der Waals surface area contributed by atoms with Crippen LogP contribution in [0.3, 0.4) is 0 Å². The van der Waals surface area contributed by atoms with Gasteiger partial charge >= 0.3 is 0 Å². The second kappa shape index (κ2) is 6.65. The van der Waals surface area contributed by atoms with Gasteiger partial charge in [-0.3, -0.25) is 9.69 Å². The molecule has 0 bridgehead atoms. The minimum Gasteiger partial charge on any atom is -0.496 e. The quantitative estimate of drug-likeness (QED) is 0.790. The molecule has 5 nitrogen and oxygen atoms in total. The Morgan fingerprint density at radius 3 is 2.54 bits per heavy atom. The molecule has 0 N–H and O–H groups in total. The molecular weight excluding hydrogens is 330 g/mol. The number of carbonyl (C=O) groups is 1. The van der Waals surface area contributed by atoms with Gasteiger partial charge in [0.25, 0.3) is 0 Å². The maximum absolute atomic E-state index is 11.5. The number of hydrogen-bond donors (Lipinski definition) is 0. The zero-order valence-electron chi connectivity index (χ0n) is 15.4. The zero-order chi connectivity index (χ0) is 18.3. The van der Waals surface area contributed by atoms with Gasteiger partial charge in [0.2, 0.25) is 0 Å². The molecule has 0 saturated heterocycles. The summed E-state index contributed by atoms with van der Waals surface area (Å²) in [7, 11) is 4.97. The molecule has 2 aliphatic rings. The van der Waals surface area contributed by atoms with E-state index in [-0.39, 0.29) is 6.04 Å². The molecule has 0 aliphatic carbocycles. The molecule has 136 valence electrons. The summed E-state index contributed by atoms with van der Waals surface area (Å²) < 4.78 is 16.5. The van der Waals surface area contributed by atoms with Crippen molar-refractivity contribution in [1.82, 2.24) is 4.90 Å². The highest BCUT2D eigenvalue weighted by atomic mass is 16.5. The summed E-state index contributed by atoms with van der Waals surface area (Å²) in [5, 5.41) is 0. The topological polar surface area (TPSA) is 48.0 Å². The van der Waals surface area contributed by atoms with Crippen LogP contribution in [0.1, 0.15) is 38.7 Å². The molecule has 5 heteroatoms. The molecule has 4 rings (SSSR count). The first-order valence-electron chi connectivity index (χ1n) is 8.83. The monoisotopic (exact) mass is 353 g/mol. The van der Waals surface area contributed by atoms with Crippen molar-refractivity contribution >= 4 is 6.29 Å². The van der Waals surface area contributed by atoms with Crippen LogP contribution in [0.4, 0.5) is 0 Å². The summed E-state index contributed by atoms with van der Waals surface area (Å²) in [6.07, 6.45) is 2.72. The number of rotatable bonds is 4. The number of fused-ring (bicyclic) bond motifs is 4. The predicted octanol–water partition coefficient (Wildman–Crippen LogP) is 3.18. The van der Waals surface area contributed by atoms with Gasteiger partial charge in [-0.25, -0.2) is 0 Å². The molecule has 0 fully saturated rings. The van der Waals surface area contributed by atoms with Crippen LogP contribution >= 0.6 is 0 Å². The van der Waals surface area contributed by atoms with Gasteiger partial charge in [0.15, 0.2) is 17.8 Å². The second-order valence-corrected chi connectivity index (χ2v) is 6.79. The highest BCUT2D eigenvalue weighted by molar-refractivity contribution is 5.80. The Labute approximate surface area is 153 Å². The zero-order valence-corrected chi connectivity index (χ0v) is 15.4. The number of aldehydes is 1. The van der Waals surface area contributed by atoms with Gasteiger partial charge in [-0.15, -0.1) is 0 Å². The van der Waals surface area contributed by atoms with Gasteiger partial charge in [0.1, 0.15) is 5.75 Å². The van der Waals surface area contributed by atoms with Crippen LogP contribution in [0.25, 0.3) is 0 Å². The van der Waals surface area contributed by atoms with E-state index in [0.717, 1.165) is 43.7 Å². The van der Waals surface area contributed by atoms with E-state index in [0.29, 0.717) is 11.3 Å². The predicted molar refractivity (Wildman–Crippen MR) is 98.5 cm³/mol. The molecule has 2 aromatic carbocycles. The number of benzene rings is 2. The molecule has 2 aromatic rings. The van der Waals surface area contributed by atoms with Crippen LogP contribution in [0.5, 0.6) is 17.2 Å². The summed E-state index contributed by atoms with van der Waals surface area (Å²) >= 11 is 0. The smallest absolute Gasteiger partial charge is 0.165 e. The molecule has 1 atom stereocenters. The van der Waals surface area contributed by atoms with Crippen molar-refractivity contribution in [3.05, 3.63) is 52.1 Å². The maximum atomic E-state index is 11.5. The fourth-order valence-corrected chi connectivity index (χ4v) is 4.30. The fraction of sp³-hybridized carbons (Fsp3) is 0.381. The molecule has 26 heavy (non-hydrogen) atoms. The molecule has 0 amide bonds. The van der Waals surface area contributed by atoms with Gasteiger partial charge in [0.05, 0.1) is 26.9 Å². The molecule has 0 aromatic heterocycles. The van der Waals surface area contributed by atoms with Crippen LogP contribution in [-0.4, -0.2) is 39.1 Å². The Balaban J connectivity index is 1.78. The van der Waals surface area contributed by atoms with E-state index in [1.165, 1.54) is 22.3 Å². The van der Waals surface area contributed by atoms with E-state index in [2.05, 4.69) is 11.0 Å². The first-order valence-corrected chi connectivity index (χ1v) is 8.83. The van der Waals surface area contributed by atoms with E-state index in [1.54, 1.807) is 21.3 Å². The second-order valence-electron chi connectivity index (χ2n) is 6.79. The lowest BCUT2D eigenvalue weighted by atomic mass is 9.83. The molecular formula is C21H23NO4. The Morgan fingerprint density at radius 2 is 1.85 bits per heavy atom. The standard InChI is InChI=1S/C21H23NO4/c1-24-19-5-4-13-9-18-16-8-15(12-23)20(25-2)10-14(16)6-7-22(18)11-17(13)21(19)26-3/h4-5,8,10,12,18H,6-7,9,11H2,1-3H3/t18-/m0/s1. The van der Waals surface area contributed by atoms with Crippen molar-refractivity contribution in [2.75, 3.05) is 27.9 Å². The van der Waals surface area contributed by atoms with E-state index in [9.17, 15) is 4.79 Å². The van der Waals surface area contributed by atoms with Crippen molar-refractivity contribution in [1.29, 1.82) is 0 Å². The van der Waals surface area contributed by atoms with Crippen molar-refractivity contribution in [2.24, 2.45) is 0 Å². The Hall–Kier alpha value is -2.53. The number of hydrogen-bond acceptors (Lipinski definition) is 5. The lowest BCUT2D eigenvalue weighted by Crippen LogP contribution is -2.39. The lowest BCUT2D eigenvalue weighted by molar-refractivity contribution is 0.111. The van der Waals surface area contributed by atoms with Crippen LogP contribution in [0.2, 0.25) is 0 Å². The maximum Gasteiger partial charge on any atom is 0.165 e. The third-order valence-corrected chi connectivity index (χ3v) is 5.61. The molecule has 0 spiro atoms. The van der Waals surface area contributed by atoms with Gasteiger partial charge in [-0.05, 0) is 47.7 Å². The fourth-order valence-electron chi connectivity index (χ4n) is 4.30. The van der Waals surface area contributed by atoms with Gasteiger partial charge in [-0.2, -0.15) is 0 Å². The van der Waals surface area contributed by atoms with Gasteiger partial charge < -0.3 is 14.2 Å². The number of methoxy groups -OCH3 is 3. The summed E-state index contributed by atoms with van der Waals surface area (Å²) in [4.78, 5) is 13.9. The van der Waals surface area contributed by atoms with Crippen LogP contribution in [0.15, 0.2) is 24.3 Å². The van der Waals surface area contributed by atoms with E-state index in [1.807, 2.05) is 18.2 Å². The molecule has 0 saturated carbocycles. The van der Waals surface area contributed by atoms with Crippen molar-refractivity contribution < 1.29 is 19.0 Å². The van der Waals surface area contributed by atoms with Gasteiger partial charge in [-0.1, -0.05) is 6.07 Å². The van der Waals surface area contributed by atoms with E-state index in [4.69, 9.17) is 14.2 Å². The van der Waals surface area contributed by atoms with Crippen LogP contribution in [-0.2, 0) is 19.4 Å². The largest absolute Gasteiger partial charge is 0.496 e. The molecule has 0 unspecified atom stereocenters. The minimum absolute atomic E-state index is 0.272. The SMILES string of the molecule is COc1cc2c(cc1C=O)[C@@H]1Cc3ccc(OC)c(OC)c3CN1CC2. The average molecular weight is 353 g/mol. The Kier molecular flexibility index (Phi) is 4.32. The van der Waals surface area contributed by atoms with Crippen LogP contribution in [0, 0.1) is 0 Å². The first-order chi connectivity index (χ1) is 12.7. The summed E-state index contributed by atoms with van der Waals surface area (Å²) in [5.41, 5.74) is 5.61. The summed E-state index contributed by atoms with van der Waals surface area (Å²) in [5.74, 6) is 2.27. The Bertz CT molecular complexity index is 862. The highest BCUT2D eigenvalue weighted by Crippen LogP contribution is 2.44. The van der Waals surface area contributed by atoms with Gasteiger partial charge in [0, 0.05) is 24.7 Å². The van der Waals surface area contributed by atoms with Crippen molar-refractivity contribution in [3.8, 4) is 17.2 Å². The summed E-state index contributed by atoms with van der Waals surface area (Å²) in [6.45, 7) is 1.79. The minimum atomic E-state index is 0.272. The Morgan fingerprint density at radius 1 is 1.04 bits per heavy atom. The number of ether oxygens (including phenoxy) is 3. The third kappa shape index (κ3) is 2.54. The lowest BCUT2D eigenvalue weighted by Gasteiger charge is -2.42. The molecule has 0 radical (unpaired) electrons. The van der Waals surface area contributed by atoms with Crippen molar-refractivity contribution in [3.63, 3.8) is 0 Å². The van der Waals surface area contributed by atoms with E-state index >= 15 is 0 Å². The third-order valence-electron chi connectivity index (χ3n) is 5.61. The summed E-state index contributed by atoms with van der Waals surface area (Å²) in [6, 6.07) is 8.41. The number of nitrogens with zero attached hydrogens (tertiary/aromatic N) is 1. The van der Waals surface area contributed by atoms with Crippen LogP contribution < -0.4 is 14.2 Å². The normalized spacial score (nSPS) is 18.3. The average Bonchev–Trinajstić information content (AvgIpc) is 2.70. The molecule has 2 aliphatic heterocycles. The van der Waals surface area contributed by atoms with Crippen molar-refractivity contribution in [2.45, 2.75) is 25.4 Å². The highest BCUT2D eigenvalue weighted by Gasteiger charge is 2.34. The number of carbonyl (C=O) groups excluding carboxylic acids is 1. The van der Waals surface area contributed by atoms with E-state index < -0.39 is 0 Å². The first kappa shape index (κ1) is 16.9.